The van der Waals surface area contributed by atoms with E-state index in [4.69, 9.17) is 37.9 Å². The van der Waals surface area contributed by atoms with E-state index in [0.717, 1.165) is 125 Å². The molecule has 0 spiro atoms. The van der Waals surface area contributed by atoms with Crippen LogP contribution in [-0.2, 0) is 85.8 Å². The van der Waals surface area contributed by atoms with Crippen molar-refractivity contribution in [1.82, 2.24) is 0 Å². The second-order valence-electron chi connectivity index (χ2n) is 36.5. The second-order valence-corrected chi connectivity index (χ2v) is 36.5. The van der Waals surface area contributed by atoms with E-state index in [-0.39, 0.29) is 81.0 Å². The summed E-state index contributed by atoms with van der Waals surface area (Å²) in [6.07, 6.45) is 34.4. The number of esters is 9. The van der Waals surface area contributed by atoms with Crippen molar-refractivity contribution in [2.24, 2.45) is 70.5 Å². The van der Waals surface area contributed by atoms with Crippen LogP contribution in [0.15, 0.2) is 85.1 Å². The Labute approximate surface area is 654 Å². The quantitative estimate of drug-likeness (QED) is 0.0506. The van der Waals surface area contributed by atoms with Gasteiger partial charge in [-0.1, -0.05) is 107 Å². The van der Waals surface area contributed by atoms with Crippen LogP contribution in [0.5, 0.6) is 0 Å². The van der Waals surface area contributed by atoms with Gasteiger partial charge in [0.15, 0.2) is 6.61 Å². The van der Waals surface area contributed by atoms with E-state index in [1.54, 1.807) is 41.5 Å². The van der Waals surface area contributed by atoms with Gasteiger partial charge in [-0.2, -0.15) is 0 Å². The molecule has 13 fully saturated rings. The molecule has 8 unspecified atom stereocenters. The summed E-state index contributed by atoms with van der Waals surface area (Å²) in [6.45, 7) is 55.8. The Morgan fingerprint density at radius 1 is 0.468 bits per heavy atom. The van der Waals surface area contributed by atoms with Crippen LogP contribution in [0, 0.1) is 70.5 Å². The predicted octanol–water partition coefficient (Wildman–Crippen LogP) is 19.8. The molecule has 18 nitrogen and oxygen atoms in total. The van der Waals surface area contributed by atoms with E-state index in [1.165, 1.54) is 116 Å². The van der Waals surface area contributed by atoms with Crippen molar-refractivity contribution in [2.75, 3.05) is 13.2 Å². The van der Waals surface area contributed by atoms with Gasteiger partial charge in [0.25, 0.3) is 0 Å². The summed E-state index contributed by atoms with van der Waals surface area (Å²) < 4.78 is 48.3. The molecule has 612 valence electrons. The van der Waals surface area contributed by atoms with Crippen LogP contribution in [0.2, 0.25) is 0 Å². The monoisotopic (exact) mass is 1520 g/mol. The van der Waals surface area contributed by atoms with Crippen LogP contribution in [0.25, 0.3) is 0 Å². The summed E-state index contributed by atoms with van der Waals surface area (Å²) >= 11 is 0. The molecule has 0 aromatic carbocycles. The zero-order chi connectivity index (χ0) is 81.4. The first-order valence-electron chi connectivity index (χ1n) is 41.5. The molecule has 13 rings (SSSR count). The standard InChI is InChI=1S/C18H26O2.C17H24O4.C13H22O2.2C12H20O2.C11H18O2.C8H10O4/c1-4-18(20-17(19)10(2)3)9-13-8-14(18)16-12-6-5-11(7-12)15(13)16;1-10(2)16(19)20-9-15(18)21-17(3)13-5-11-4-12(7-13)8-14(17)6-11;1-10(2)11(14)15-13(12(3,4)5)8-6-7-9-13;1-9(2)11(13)14-12(10(3)4)7-5-6-8-12;1-4-12(8-6-5-7-9-12)14-11(13)10(2)3;1-9(2)10(12)13-11(3)7-5-4-6-8-11;1-5(2)7(9)12-6-3-4-11-8(6)10/h11-16H,2,4-9H2,1,3H3;11-14H,1,4-9H2,2-3H3;1,6-9H2,2-5H3;10H,1,5-8H2,2-4H3;2,4-9H2,1,3H3;1,4-8H2,2-3H3;6H,1,3-4H2,2H3. The number of carbonyl (C=O) groups is 9. The average molecular weight is 1520 g/mol. The molecule has 0 amide bonds. The minimum absolute atomic E-state index is 0.00854. The van der Waals surface area contributed by atoms with Crippen molar-refractivity contribution in [3.8, 4) is 0 Å². The fourth-order valence-corrected chi connectivity index (χ4v) is 20.2. The van der Waals surface area contributed by atoms with Gasteiger partial charge < -0.3 is 42.6 Å². The normalized spacial score (nSPS) is 29.8. The number of hydrogen-bond donors (Lipinski definition) is 0. The maximum Gasteiger partial charge on any atom is 0.347 e. The third kappa shape index (κ3) is 23.8. The molecule has 12 aliphatic carbocycles. The molecule has 8 bridgehead atoms. The highest BCUT2D eigenvalue weighted by atomic mass is 16.6. The Morgan fingerprint density at radius 2 is 0.908 bits per heavy atom. The maximum absolute atomic E-state index is 12.1. The first-order valence-corrected chi connectivity index (χ1v) is 41.5. The molecular formula is C91H140O18. The lowest BCUT2D eigenvalue weighted by Gasteiger charge is -2.59. The van der Waals surface area contributed by atoms with Crippen molar-refractivity contribution in [1.29, 1.82) is 0 Å². The summed E-state index contributed by atoms with van der Waals surface area (Å²) in [5.74, 6) is 5.18. The molecule has 1 heterocycles. The van der Waals surface area contributed by atoms with Gasteiger partial charge in [0, 0.05) is 56.8 Å². The minimum atomic E-state index is -0.728. The van der Waals surface area contributed by atoms with Crippen molar-refractivity contribution in [3.05, 3.63) is 85.1 Å². The molecule has 1 saturated heterocycles. The van der Waals surface area contributed by atoms with Crippen LogP contribution < -0.4 is 0 Å². The van der Waals surface area contributed by atoms with Crippen molar-refractivity contribution < 1.29 is 85.8 Å². The largest absolute Gasteiger partial charge is 0.463 e. The zero-order valence-corrected chi connectivity index (χ0v) is 70.1. The summed E-state index contributed by atoms with van der Waals surface area (Å²) in [6, 6.07) is 0. The SMILES string of the molecule is C=C(C)C(=O)OC1(C(C)(C)C)CCCC1.C=C(C)C(=O)OC1(C(C)C)CCCC1.C=C(C)C(=O)OC1(C)CCCCC1.C=C(C)C(=O)OC1(CC)CC2CC1C1C3CCC(C3)C21.C=C(C)C(=O)OC1(CC)CCCCC1.C=C(C)C(=O)OC1CCOC1=O.C=C(C)C(=O)OCC(=O)OC1(C)C2CC3CC(C2)CC1C3. The van der Waals surface area contributed by atoms with Crippen molar-refractivity contribution in [2.45, 2.75) is 350 Å². The second kappa shape index (κ2) is 39.2. The molecule has 18 heteroatoms. The Hall–Kier alpha value is -6.59. The molecular weight excluding hydrogens is 1380 g/mol. The first kappa shape index (κ1) is 91.3. The highest BCUT2D eigenvalue weighted by molar-refractivity contribution is 5.91. The van der Waals surface area contributed by atoms with Gasteiger partial charge in [-0.25, -0.2) is 43.2 Å². The Balaban J connectivity index is 0.000000201. The van der Waals surface area contributed by atoms with E-state index >= 15 is 0 Å². The van der Waals surface area contributed by atoms with Gasteiger partial charge in [0.1, 0.15) is 33.6 Å². The lowest BCUT2D eigenvalue weighted by atomic mass is 9.50. The molecule has 1 aliphatic heterocycles. The Morgan fingerprint density at radius 3 is 1.36 bits per heavy atom. The summed E-state index contributed by atoms with van der Waals surface area (Å²) in [5.41, 5.74) is 1.70. The smallest absolute Gasteiger partial charge is 0.347 e. The third-order valence-corrected chi connectivity index (χ3v) is 26.6. The summed E-state index contributed by atoms with van der Waals surface area (Å²) in [4.78, 5) is 103. The number of carbonyl (C=O) groups excluding carboxylic acids is 9. The van der Waals surface area contributed by atoms with E-state index in [9.17, 15) is 43.2 Å². The summed E-state index contributed by atoms with van der Waals surface area (Å²) in [7, 11) is 0. The van der Waals surface area contributed by atoms with Gasteiger partial charge in [0.05, 0.1) is 6.61 Å². The predicted molar refractivity (Wildman–Crippen MR) is 423 cm³/mol. The molecule has 13 aliphatic rings. The minimum Gasteiger partial charge on any atom is -0.463 e. The van der Waals surface area contributed by atoms with Gasteiger partial charge >= 0.3 is 53.7 Å². The van der Waals surface area contributed by atoms with Crippen LogP contribution in [0.1, 0.15) is 310 Å². The molecule has 0 aromatic rings. The van der Waals surface area contributed by atoms with Gasteiger partial charge in [0.2, 0.25) is 6.10 Å². The number of fused-ring (bicyclic) bond motifs is 9. The average Bonchev–Trinajstić information content (AvgIpc) is 1.56. The zero-order valence-electron chi connectivity index (χ0n) is 70.1. The molecule has 12 saturated carbocycles. The van der Waals surface area contributed by atoms with Gasteiger partial charge in [-0.3, -0.25) is 0 Å². The Kier molecular flexibility index (Phi) is 32.9. The topological polar surface area (TPSA) is 237 Å². The van der Waals surface area contributed by atoms with Crippen LogP contribution in [-0.4, -0.2) is 107 Å². The Bertz CT molecular complexity index is 3280. The third-order valence-electron chi connectivity index (χ3n) is 26.6. The molecule has 8 atom stereocenters. The molecule has 0 aromatic heterocycles. The van der Waals surface area contributed by atoms with E-state index in [1.807, 2.05) is 6.92 Å². The lowest BCUT2D eigenvalue weighted by Crippen LogP contribution is -2.58. The van der Waals surface area contributed by atoms with Gasteiger partial charge in [-0.05, 0) is 301 Å². The number of hydrogen-bond acceptors (Lipinski definition) is 18. The maximum atomic E-state index is 12.1. The van der Waals surface area contributed by atoms with E-state index < -0.39 is 30.0 Å². The highest BCUT2D eigenvalue weighted by Crippen LogP contribution is 2.71. The van der Waals surface area contributed by atoms with Gasteiger partial charge in [-0.15, -0.1) is 0 Å². The highest BCUT2D eigenvalue weighted by Gasteiger charge is 2.68. The summed E-state index contributed by atoms with van der Waals surface area (Å²) in [5, 5.41) is 0. The number of cyclic esters (lactones) is 1. The number of ether oxygens (including phenoxy) is 9. The molecule has 0 radical (unpaired) electrons. The van der Waals surface area contributed by atoms with Crippen LogP contribution in [0.3, 0.4) is 0 Å². The fraction of sp³-hybridized carbons (Fsp3) is 0.747. The molecule has 0 N–H and O–H groups in total. The van der Waals surface area contributed by atoms with Crippen molar-refractivity contribution in [3.63, 3.8) is 0 Å². The lowest BCUT2D eigenvalue weighted by molar-refractivity contribution is -0.207. The van der Waals surface area contributed by atoms with E-state index in [2.05, 4.69) is 106 Å². The van der Waals surface area contributed by atoms with E-state index in [0.29, 0.717) is 70.1 Å². The fourth-order valence-electron chi connectivity index (χ4n) is 20.2. The molecule has 109 heavy (non-hydrogen) atoms. The van der Waals surface area contributed by atoms with Crippen molar-refractivity contribution >= 4 is 53.7 Å². The number of rotatable bonds is 19. The van der Waals surface area contributed by atoms with Crippen LogP contribution in [0.4, 0.5) is 0 Å². The van der Waals surface area contributed by atoms with Crippen LogP contribution >= 0.6 is 0 Å². The first-order chi connectivity index (χ1) is 50.9.